The van der Waals surface area contributed by atoms with Gasteiger partial charge in [-0.15, -0.1) is 0 Å². The van der Waals surface area contributed by atoms with Crippen LogP contribution in [0.4, 0.5) is 26.3 Å². The van der Waals surface area contributed by atoms with Gasteiger partial charge < -0.3 is 10.5 Å². The first-order chi connectivity index (χ1) is 24.3. The summed E-state index contributed by atoms with van der Waals surface area (Å²) in [7, 11) is 0. The second kappa shape index (κ2) is 13.2. The minimum Gasteiger partial charge on any atom is -0.463 e. The first kappa shape index (κ1) is 36.8. The lowest BCUT2D eigenvalue weighted by molar-refractivity contribution is -0.195. The number of ether oxygens (including phenoxy) is 1. The van der Waals surface area contributed by atoms with Crippen molar-refractivity contribution in [1.29, 1.82) is 0 Å². The molecule has 1 saturated carbocycles. The summed E-state index contributed by atoms with van der Waals surface area (Å²) in [4.78, 5) is 37.5. The highest BCUT2D eigenvalue weighted by Gasteiger charge is 2.64. The maximum absolute atomic E-state index is 14.9. The van der Waals surface area contributed by atoms with Gasteiger partial charge >= 0.3 is 18.7 Å². The van der Waals surface area contributed by atoms with Crippen LogP contribution < -0.4 is 5.73 Å². The van der Waals surface area contributed by atoms with E-state index in [1.165, 1.54) is 29.1 Å². The number of nitrogens with two attached hydrogens (primary N) is 1. The number of aliphatic imine (C=N–C) groups is 1. The van der Waals surface area contributed by atoms with Crippen LogP contribution in [0.1, 0.15) is 70.2 Å². The Labute approximate surface area is 298 Å². The molecule has 1 aliphatic carbocycles. The van der Waals surface area contributed by atoms with E-state index in [0.717, 1.165) is 17.4 Å². The molecule has 276 valence electrons. The highest BCUT2D eigenvalue weighted by molar-refractivity contribution is 6.33. The van der Waals surface area contributed by atoms with Gasteiger partial charge in [-0.1, -0.05) is 50.6 Å². The molecule has 1 aliphatic heterocycles. The number of hydrogen-bond acceptors (Lipinski definition) is 8. The molecule has 0 unspecified atom stereocenters. The highest BCUT2D eigenvalue weighted by atomic mass is 35.5. The number of rotatable bonds is 11. The second-order valence-electron chi connectivity index (χ2n) is 14.1. The van der Waals surface area contributed by atoms with Crippen molar-refractivity contribution in [2.75, 3.05) is 6.61 Å². The van der Waals surface area contributed by atoms with Crippen molar-refractivity contribution in [3.8, 4) is 17.1 Å². The van der Waals surface area contributed by atoms with Crippen LogP contribution in [0.5, 0.6) is 0 Å². The second-order valence-corrected chi connectivity index (χ2v) is 14.5. The molecule has 0 bridgehead atoms. The number of guanidine groups is 1. The summed E-state index contributed by atoms with van der Waals surface area (Å²) in [6.45, 7) is 1.89. The Bertz CT molecular complexity index is 2020. The summed E-state index contributed by atoms with van der Waals surface area (Å²) in [6, 6.07) is 9.29. The molecule has 1 fully saturated rings. The van der Waals surface area contributed by atoms with E-state index in [0.29, 0.717) is 15.9 Å². The van der Waals surface area contributed by atoms with Gasteiger partial charge in [0, 0.05) is 5.56 Å². The van der Waals surface area contributed by atoms with Gasteiger partial charge in [-0.05, 0) is 60.1 Å². The predicted octanol–water partition coefficient (Wildman–Crippen LogP) is 7.12. The lowest BCUT2D eigenvalue weighted by atomic mass is 9.75. The summed E-state index contributed by atoms with van der Waals surface area (Å²) in [5.74, 6) is -2.97. The van der Waals surface area contributed by atoms with Crippen LogP contribution in [-0.4, -0.2) is 60.1 Å². The number of carbonyl (C=O) groups is 2. The van der Waals surface area contributed by atoms with E-state index in [9.17, 15) is 35.9 Å². The average molecular weight is 751 g/mol. The first-order valence-electron chi connectivity index (χ1n) is 16.0. The van der Waals surface area contributed by atoms with Crippen molar-refractivity contribution >= 4 is 29.4 Å². The molecule has 3 heterocycles. The van der Waals surface area contributed by atoms with E-state index in [2.05, 4.69) is 15.2 Å². The van der Waals surface area contributed by atoms with Gasteiger partial charge in [0.15, 0.2) is 23.1 Å². The summed E-state index contributed by atoms with van der Waals surface area (Å²) in [5, 5.41) is 7.50. The third kappa shape index (κ3) is 6.97. The molecule has 2 aliphatic rings. The molecule has 11 nitrogen and oxygen atoms in total. The van der Waals surface area contributed by atoms with Gasteiger partial charge in [0.2, 0.25) is 0 Å². The SMILES string of the molecule is CC(C)(C)C[C@]1(c2ccc(-n3cc(F)cn3)cc2)N=C(N)N([C@H](COC(=O)CC2(C(F)(F)F)CC2)c2ccc(Cl)c(-c3ncnn3C(F)F)c2)C1=O. The third-order valence-electron chi connectivity index (χ3n) is 9.10. The lowest BCUT2D eigenvalue weighted by Crippen LogP contribution is -2.47. The molecule has 0 saturated heterocycles. The molecule has 2 aromatic carbocycles. The van der Waals surface area contributed by atoms with E-state index in [1.54, 1.807) is 24.3 Å². The van der Waals surface area contributed by atoms with E-state index in [-0.39, 0.29) is 47.2 Å². The average Bonchev–Trinajstić information content (AvgIpc) is 3.36. The molecule has 2 N–H and O–H groups in total. The Hall–Kier alpha value is -4.93. The first-order valence-corrected chi connectivity index (χ1v) is 16.4. The molecule has 18 heteroatoms. The van der Waals surface area contributed by atoms with Gasteiger partial charge in [-0.3, -0.25) is 14.5 Å². The fraction of sp³-hybridized carbons (Fsp3) is 0.412. The molecule has 52 heavy (non-hydrogen) atoms. The molecule has 6 rings (SSSR count). The number of hydrogen-bond donors (Lipinski definition) is 1. The quantitative estimate of drug-likeness (QED) is 0.127. The Balaban J connectivity index is 1.41. The van der Waals surface area contributed by atoms with Crippen molar-refractivity contribution in [2.45, 2.75) is 70.8 Å². The van der Waals surface area contributed by atoms with Crippen molar-refractivity contribution in [2.24, 2.45) is 21.6 Å². The molecule has 2 aromatic heterocycles. The summed E-state index contributed by atoms with van der Waals surface area (Å²) >= 11 is 6.42. The van der Waals surface area contributed by atoms with Crippen LogP contribution in [0.25, 0.3) is 17.1 Å². The zero-order valence-corrected chi connectivity index (χ0v) is 28.8. The molecule has 0 radical (unpaired) electrons. The van der Waals surface area contributed by atoms with Crippen LogP contribution >= 0.6 is 11.6 Å². The lowest BCUT2D eigenvalue weighted by Gasteiger charge is -2.35. The van der Waals surface area contributed by atoms with Gasteiger partial charge in [0.1, 0.15) is 12.9 Å². The Morgan fingerprint density at radius 1 is 1.08 bits per heavy atom. The number of esters is 1. The van der Waals surface area contributed by atoms with Crippen molar-refractivity contribution in [1.82, 2.24) is 29.4 Å². The van der Waals surface area contributed by atoms with Crippen LogP contribution in [0, 0.1) is 16.6 Å². The summed E-state index contributed by atoms with van der Waals surface area (Å²) < 4.78 is 89.4. The standard InChI is InChI=1S/C34H33ClF6N8O3/c1-31(2,3)17-33(20-5-7-22(8-6-20)47-15-21(36)14-44-47)28(51)48(30(42)46-33)25(16-52-26(50)13-32(10-11-32)34(39,40)41)19-4-9-24(35)23(12-19)27-43-18-45-49(27)29(37)38/h4-9,12,14-15,18,25,29H,10-11,13,16-17H2,1-3H3,(H2,42,46)/t25-,33-/m1/s1. The Morgan fingerprint density at radius 2 is 1.77 bits per heavy atom. The van der Waals surface area contributed by atoms with Crippen LogP contribution in [0.2, 0.25) is 5.02 Å². The van der Waals surface area contributed by atoms with Crippen molar-refractivity contribution < 1.29 is 40.7 Å². The maximum atomic E-state index is 14.9. The molecule has 4 aromatic rings. The molecular formula is C34H33ClF6N8O3. The third-order valence-corrected chi connectivity index (χ3v) is 9.43. The Morgan fingerprint density at radius 3 is 2.35 bits per heavy atom. The van der Waals surface area contributed by atoms with Gasteiger partial charge in [-0.25, -0.2) is 19.0 Å². The number of aromatic nitrogens is 5. The topological polar surface area (TPSA) is 134 Å². The highest BCUT2D eigenvalue weighted by Crippen LogP contribution is 2.60. The van der Waals surface area contributed by atoms with E-state index in [4.69, 9.17) is 27.1 Å². The molecule has 0 spiro atoms. The van der Waals surface area contributed by atoms with Crippen molar-refractivity contribution in [3.05, 3.63) is 83.2 Å². The maximum Gasteiger partial charge on any atom is 0.395 e. The molecule has 1 amide bonds. The number of carbonyl (C=O) groups excluding carboxylic acids is 2. The van der Waals surface area contributed by atoms with E-state index >= 15 is 0 Å². The molecule has 2 atom stereocenters. The Kier molecular flexibility index (Phi) is 9.38. The number of alkyl halides is 5. The fourth-order valence-corrected chi connectivity index (χ4v) is 6.65. The smallest absolute Gasteiger partial charge is 0.395 e. The number of nitrogens with zero attached hydrogens (tertiary/aromatic N) is 7. The normalized spacial score (nSPS) is 19.2. The number of halogens is 7. The predicted molar refractivity (Wildman–Crippen MR) is 176 cm³/mol. The van der Waals surface area contributed by atoms with Crippen LogP contribution in [0.3, 0.4) is 0 Å². The largest absolute Gasteiger partial charge is 0.463 e. The minimum absolute atomic E-state index is 0.0103. The van der Waals surface area contributed by atoms with E-state index < -0.39 is 65.9 Å². The summed E-state index contributed by atoms with van der Waals surface area (Å²) in [6.07, 6.45) is -2.76. The monoisotopic (exact) mass is 750 g/mol. The fourth-order valence-electron chi connectivity index (χ4n) is 6.44. The summed E-state index contributed by atoms with van der Waals surface area (Å²) in [5.41, 5.74) is 3.20. The van der Waals surface area contributed by atoms with E-state index in [1.807, 2.05) is 20.8 Å². The zero-order chi connectivity index (χ0) is 37.8. The zero-order valence-electron chi connectivity index (χ0n) is 28.0. The number of amides is 1. The minimum atomic E-state index is -4.62. The van der Waals surface area contributed by atoms with Gasteiger partial charge in [0.25, 0.3) is 5.91 Å². The van der Waals surface area contributed by atoms with Crippen molar-refractivity contribution in [3.63, 3.8) is 0 Å². The van der Waals surface area contributed by atoms with Crippen LogP contribution in [-0.2, 0) is 19.9 Å². The van der Waals surface area contributed by atoms with Gasteiger partial charge in [0.05, 0.1) is 41.0 Å². The van der Waals surface area contributed by atoms with Crippen LogP contribution in [0.15, 0.2) is 66.2 Å². The molecular weight excluding hydrogens is 718 g/mol. The van der Waals surface area contributed by atoms with Gasteiger partial charge in [-0.2, -0.15) is 36.8 Å². The number of benzene rings is 2.